The van der Waals surface area contributed by atoms with Gasteiger partial charge in [0.1, 0.15) is 22.9 Å². The summed E-state index contributed by atoms with van der Waals surface area (Å²) in [5.41, 5.74) is 2.75. The second-order valence-corrected chi connectivity index (χ2v) is 8.79. The van der Waals surface area contributed by atoms with E-state index in [1.165, 1.54) is 14.2 Å². The first-order chi connectivity index (χ1) is 17.8. The van der Waals surface area contributed by atoms with E-state index in [1.54, 1.807) is 31.2 Å². The smallest absolute Gasteiger partial charge is 0.342 e. The van der Waals surface area contributed by atoms with Crippen molar-refractivity contribution in [3.05, 3.63) is 58.6 Å². The highest BCUT2D eigenvalue weighted by Crippen LogP contribution is 2.35. The van der Waals surface area contributed by atoms with Crippen LogP contribution in [0.15, 0.2) is 57.0 Å². The maximum Gasteiger partial charge on any atom is 0.342 e. The van der Waals surface area contributed by atoms with Crippen molar-refractivity contribution in [3.8, 4) is 23.0 Å². The predicted octanol–water partition coefficient (Wildman–Crippen LogP) is 4.80. The van der Waals surface area contributed by atoms with Crippen molar-refractivity contribution >= 4 is 40.7 Å². The molecular weight excluding hydrogens is 498 g/mol. The van der Waals surface area contributed by atoms with Crippen LogP contribution in [0.25, 0.3) is 28.4 Å². The number of esters is 1. The number of hydrogen-bond donors (Lipinski definition) is 1. The zero-order chi connectivity index (χ0) is 26.5. The SMILES string of the molecule is CCOC(=O)Cn1c(C)c(/C=C(\Sc2nnc(-c3cc(OC)cc(OC)c3)o2)C(=O)O)c2ccccc21. The van der Waals surface area contributed by atoms with E-state index >= 15 is 0 Å². The molecule has 0 radical (unpaired) electrons. The fourth-order valence-electron chi connectivity index (χ4n) is 3.84. The van der Waals surface area contributed by atoms with Crippen LogP contribution in [0.1, 0.15) is 18.2 Å². The number of para-hydroxylation sites is 1. The molecule has 0 atom stereocenters. The fraction of sp³-hybridized carbons (Fsp3) is 0.231. The molecule has 2 aromatic heterocycles. The number of aromatic nitrogens is 3. The molecule has 4 aromatic rings. The van der Waals surface area contributed by atoms with E-state index in [9.17, 15) is 14.7 Å². The Hall–Kier alpha value is -4.25. The van der Waals surface area contributed by atoms with Gasteiger partial charge in [-0.2, -0.15) is 0 Å². The molecule has 2 aromatic carbocycles. The number of benzene rings is 2. The lowest BCUT2D eigenvalue weighted by molar-refractivity contribution is -0.143. The molecule has 10 nitrogen and oxygen atoms in total. The minimum atomic E-state index is -1.16. The second kappa shape index (κ2) is 11.2. The highest BCUT2D eigenvalue weighted by Gasteiger charge is 2.20. The molecule has 0 saturated carbocycles. The molecule has 37 heavy (non-hydrogen) atoms. The number of thioether (sulfide) groups is 1. The number of carbonyl (C=O) groups excluding carboxylic acids is 1. The molecule has 0 aliphatic heterocycles. The van der Waals surface area contributed by atoms with Gasteiger partial charge in [0, 0.05) is 33.8 Å². The van der Waals surface area contributed by atoms with Gasteiger partial charge in [-0.05, 0) is 49.9 Å². The number of nitrogens with zero attached hydrogens (tertiary/aromatic N) is 3. The van der Waals surface area contributed by atoms with Gasteiger partial charge in [0.05, 0.1) is 20.8 Å². The summed E-state index contributed by atoms with van der Waals surface area (Å²) in [6.07, 6.45) is 1.55. The quantitative estimate of drug-likeness (QED) is 0.176. The molecule has 0 aliphatic carbocycles. The minimum absolute atomic E-state index is 0.0145. The molecule has 0 spiro atoms. The number of fused-ring (bicyclic) bond motifs is 1. The third kappa shape index (κ3) is 5.61. The maximum absolute atomic E-state index is 12.2. The van der Waals surface area contributed by atoms with Gasteiger partial charge in [-0.25, -0.2) is 4.79 Å². The summed E-state index contributed by atoms with van der Waals surface area (Å²) in [5, 5.41) is 18.9. The lowest BCUT2D eigenvalue weighted by atomic mass is 10.1. The Morgan fingerprint density at radius 3 is 2.46 bits per heavy atom. The Morgan fingerprint density at radius 2 is 1.81 bits per heavy atom. The van der Waals surface area contributed by atoms with Crippen molar-refractivity contribution in [2.75, 3.05) is 20.8 Å². The van der Waals surface area contributed by atoms with Crippen LogP contribution in [0.3, 0.4) is 0 Å². The number of aliphatic carboxylic acids is 1. The maximum atomic E-state index is 12.2. The van der Waals surface area contributed by atoms with Crippen molar-refractivity contribution < 1.29 is 33.3 Å². The lowest BCUT2D eigenvalue weighted by Crippen LogP contribution is -2.14. The van der Waals surface area contributed by atoms with Gasteiger partial charge >= 0.3 is 11.9 Å². The van der Waals surface area contributed by atoms with Gasteiger partial charge in [-0.3, -0.25) is 4.79 Å². The zero-order valence-electron chi connectivity index (χ0n) is 20.7. The number of carboxylic acids is 1. The predicted molar refractivity (Wildman–Crippen MR) is 138 cm³/mol. The summed E-state index contributed by atoms with van der Waals surface area (Å²) < 4.78 is 23.2. The number of methoxy groups -OCH3 is 2. The Bertz CT molecular complexity index is 1470. The first-order valence-corrected chi connectivity index (χ1v) is 12.1. The van der Waals surface area contributed by atoms with Gasteiger partial charge in [-0.1, -0.05) is 18.2 Å². The van der Waals surface area contributed by atoms with Crippen molar-refractivity contribution in [1.82, 2.24) is 14.8 Å². The third-order valence-corrected chi connectivity index (χ3v) is 6.41. The largest absolute Gasteiger partial charge is 0.497 e. The number of carboxylic acid groups (broad SMARTS) is 1. The van der Waals surface area contributed by atoms with Gasteiger partial charge in [0.25, 0.3) is 5.22 Å². The zero-order valence-corrected chi connectivity index (χ0v) is 21.5. The Morgan fingerprint density at radius 1 is 1.11 bits per heavy atom. The van der Waals surface area contributed by atoms with Crippen LogP contribution in [0.2, 0.25) is 0 Å². The number of hydrogen-bond acceptors (Lipinski definition) is 9. The molecular formula is C26H25N3O7S. The van der Waals surface area contributed by atoms with E-state index < -0.39 is 5.97 Å². The normalized spacial score (nSPS) is 11.5. The van der Waals surface area contributed by atoms with Crippen LogP contribution < -0.4 is 9.47 Å². The van der Waals surface area contributed by atoms with E-state index in [-0.39, 0.29) is 35.1 Å². The lowest BCUT2D eigenvalue weighted by Gasteiger charge is -2.08. The van der Waals surface area contributed by atoms with Crippen molar-refractivity contribution in [2.24, 2.45) is 0 Å². The molecule has 1 N–H and O–H groups in total. The third-order valence-electron chi connectivity index (χ3n) is 5.56. The topological polar surface area (TPSA) is 126 Å². The number of carbonyl (C=O) groups is 2. The Labute approximate surface area is 216 Å². The highest BCUT2D eigenvalue weighted by atomic mass is 32.2. The van der Waals surface area contributed by atoms with Gasteiger partial charge in [0.15, 0.2) is 0 Å². The van der Waals surface area contributed by atoms with Crippen molar-refractivity contribution in [2.45, 2.75) is 25.6 Å². The number of ether oxygens (including phenoxy) is 3. The molecule has 4 rings (SSSR count). The van der Waals surface area contributed by atoms with Gasteiger partial charge < -0.3 is 28.3 Å². The standard InChI is InChI=1S/C26H25N3O7S/c1-5-35-23(30)14-29-15(2)20(19-8-6-7-9-21(19)29)13-22(25(31)32)37-26-28-27-24(36-26)16-10-17(33-3)12-18(11-16)34-4/h6-13H,5,14H2,1-4H3,(H,31,32)/b22-13-. The molecule has 192 valence electrons. The molecule has 0 aliphatic rings. The highest BCUT2D eigenvalue weighted by molar-refractivity contribution is 8.03. The second-order valence-electron chi connectivity index (χ2n) is 7.80. The van der Waals surface area contributed by atoms with E-state index in [0.717, 1.165) is 28.4 Å². The van der Waals surface area contributed by atoms with Crippen LogP contribution in [-0.2, 0) is 20.9 Å². The molecule has 0 unspecified atom stereocenters. The summed E-state index contributed by atoms with van der Waals surface area (Å²) in [6, 6.07) is 12.6. The molecule has 0 saturated heterocycles. The monoisotopic (exact) mass is 523 g/mol. The molecule has 11 heteroatoms. The summed E-state index contributed by atoms with van der Waals surface area (Å²) in [5.74, 6) is -0.256. The van der Waals surface area contributed by atoms with E-state index in [1.807, 2.05) is 35.8 Å². The van der Waals surface area contributed by atoms with Crippen molar-refractivity contribution in [1.29, 1.82) is 0 Å². The summed E-state index contributed by atoms with van der Waals surface area (Å²) >= 11 is 0.834. The van der Waals surface area contributed by atoms with Gasteiger partial charge in [0.2, 0.25) is 5.89 Å². The first-order valence-electron chi connectivity index (χ1n) is 11.3. The fourth-order valence-corrected chi connectivity index (χ4v) is 4.49. The van der Waals surface area contributed by atoms with Gasteiger partial charge in [-0.15, -0.1) is 10.2 Å². The van der Waals surface area contributed by atoms with Crippen LogP contribution in [-0.4, -0.2) is 52.6 Å². The number of rotatable bonds is 10. The summed E-state index contributed by atoms with van der Waals surface area (Å²) in [4.78, 5) is 24.3. The Balaban J connectivity index is 1.69. The molecule has 0 amide bonds. The average molecular weight is 524 g/mol. The molecule has 2 heterocycles. The van der Waals surface area contributed by atoms with E-state index in [4.69, 9.17) is 18.6 Å². The first kappa shape index (κ1) is 25.8. The van der Waals surface area contributed by atoms with E-state index in [0.29, 0.717) is 22.6 Å². The van der Waals surface area contributed by atoms with Crippen molar-refractivity contribution in [3.63, 3.8) is 0 Å². The minimum Gasteiger partial charge on any atom is -0.497 e. The summed E-state index contributed by atoms with van der Waals surface area (Å²) in [7, 11) is 3.06. The van der Waals surface area contributed by atoms with Crippen LogP contribution in [0.4, 0.5) is 0 Å². The van der Waals surface area contributed by atoms with Crippen LogP contribution in [0.5, 0.6) is 11.5 Å². The van der Waals surface area contributed by atoms with Crippen LogP contribution >= 0.6 is 11.8 Å². The summed E-state index contributed by atoms with van der Waals surface area (Å²) in [6.45, 7) is 3.87. The Kier molecular flexibility index (Phi) is 7.83. The van der Waals surface area contributed by atoms with E-state index in [2.05, 4.69) is 10.2 Å². The molecule has 0 bridgehead atoms. The molecule has 0 fully saturated rings. The van der Waals surface area contributed by atoms with Crippen LogP contribution in [0, 0.1) is 6.92 Å². The average Bonchev–Trinajstić information content (AvgIpc) is 3.47.